The third-order valence-corrected chi connectivity index (χ3v) is 5.55. The van der Waals surface area contributed by atoms with Gasteiger partial charge in [0, 0.05) is 25.1 Å². The number of rotatable bonds is 9. The van der Waals surface area contributed by atoms with Gasteiger partial charge in [0.1, 0.15) is 5.75 Å². The lowest BCUT2D eigenvalue weighted by atomic mass is 10.1. The highest BCUT2D eigenvalue weighted by molar-refractivity contribution is 6.09. The highest BCUT2D eigenvalue weighted by atomic mass is 16.5. The van der Waals surface area contributed by atoms with E-state index in [1.54, 1.807) is 48.5 Å². The van der Waals surface area contributed by atoms with Crippen molar-refractivity contribution < 1.29 is 19.1 Å². The summed E-state index contributed by atoms with van der Waals surface area (Å²) in [4.78, 5) is 25.4. The summed E-state index contributed by atoms with van der Waals surface area (Å²) in [6.45, 7) is 1.76. The third-order valence-electron chi connectivity index (χ3n) is 5.55. The van der Waals surface area contributed by atoms with Crippen molar-refractivity contribution in [2.24, 2.45) is 0 Å². The predicted octanol–water partition coefficient (Wildman–Crippen LogP) is 4.47. The fourth-order valence-corrected chi connectivity index (χ4v) is 3.73. The molecular weight excluding hydrogens is 416 g/mol. The van der Waals surface area contributed by atoms with Gasteiger partial charge in [-0.2, -0.15) is 0 Å². The topological polar surface area (TPSA) is 76.7 Å². The van der Waals surface area contributed by atoms with Gasteiger partial charge in [0.15, 0.2) is 0 Å². The van der Waals surface area contributed by atoms with Crippen molar-refractivity contribution in [3.63, 3.8) is 0 Å². The summed E-state index contributed by atoms with van der Waals surface area (Å²) in [6.07, 6.45) is 2.84. The summed E-state index contributed by atoms with van der Waals surface area (Å²) in [5, 5.41) is 5.75. The minimum Gasteiger partial charge on any atom is -0.493 e. The first kappa shape index (κ1) is 22.6. The monoisotopic (exact) mass is 444 g/mol. The minimum absolute atomic E-state index is 0.0594. The smallest absolute Gasteiger partial charge is 0.255 e. The summed E-state index contributed by atoms with van der Waals surface area (Å²) >= 11 is 0. The van der Waals surface area contributed by atoms with Gasteiger partial charge in [-0.3, -0.25) is 9.59 Å². The van der Waals surface area contributed by atoms with Crippen LogP contribution in [0.25, 0.3) is 0 Å². The Balaban J connectivity index is 1.31. The van der Waals surface area contributed by atoms with E-state index in [0.29, 0.717) is 35.7 Å². The van der Waals surface area contributed by atoms with Crippen LogP contribution < -0.4 is 15.4 Å². The molecule has 1 atom stereocenters. The number of nitrogens with one attached hydrogen (secondary N) is 2. The van der Waals surface area contributed by atoms with Crippen LogP contribution in [0.5, 0.6) is 5.75 Å². The number of anilines is 1. The Hall–Kier alpha value is -3.64. The molecule has 0 spiro atoms. The Labute approximate surface area is 193 Å². The molecule has 0 aliphatic carbocycles. The number of carbonyl (C=O) groups is 2. The molecule has 0 bridgehead atoms. The molecule has 0 aromatic heterocycles. The van der Waals surface area contributed by atoms with E-state index < -0.39 is 0 Å². The van der Waals surface area contributed by atoms with E-state index in [0.717, 1.165) is 25.9 Å². The van der Waals surface area contributed by atoms with Gasteiger partial charge in [0.05, 0.1) is 24.0 Å². The van der Waals surface area contributed by atoms with Crippen molar-refractivity contribution in [1.29, 1.82) is 0 Å². The molecule has 170 valence electrons. The number of para-hydroxylation sites is 1. The predicted molar refractivity (Wildman–Crippen MR) is 128 cm³/mol. The lowest BCUT2D eigenvalue weighted by Gasteiger charge is -2.14. The second-order valence-corrected chi connectivity index (χ2v) is 7.95. The molecular formula is C27H28N2O4. The van der Waals surface area contributed by atoms with Crippen LogP contribution in [-0.4, -0.2) is 37.7 Å². The Morgan fingerprint density at radius 2 is 1.67 bits per heavy atom. The van der Waals surface area contributed by atoms with Gasteiger partial charge in [-0.05, 0) is 54.8 Å². The standard InChI is InChI=1S/C27H28N2O4/c30-26(21-12-14-22(15-13-21)33-18-16-20-7-2-1-3-8-20)29-25-11-5-4-10-24(25)27(31)28-19-23-9-6-17-32-23/h1-5,7-8,10-15,23H,6,9,16-19H2,(H,28,31)(H,29,30). The zero-order chi connectivity index (χ0) is 22.9. The van der Waals surface area contributed by atoms with E-state index in [9.17, 15) is 9.59 Å². The van der Waals surface area contributed by atoms with Crippen molar-refractivity contribution in [3.05, 3.63) is 95.6 Å². The molecule has 2 N–H and O–H groups in total. The second kappa shape index (κ2) is 11.3. The molecule has 6 heteroatoms. The molecule has 6 nitrogen and oxygen atoms in total. The molecule has 1 aliphatic rings. The van der Waals surface area contributed by atoms with Crippen LogP contribution in [0.15, 0.2) is 78.9 Å². The maximum Gasteiger partial charge on any atom is 0.255 e. The highest BCUT2D eigenvalue weighted by Gasteiger charge is 2.18. The quantitative estimate of drug-likeness (QED) is 0.511. The number of hydrogen-bond acceptors (Lipinski definition) is 4. The molecule has 0 saturated carbocycles. The maximum absolute atomic E-state index is 12.8. The van der Waals surface area contributed by atoms with Gasteiger partial charge < -0.3 is 20.1 Å². The minimum atomic E-state index is -0.287. The fourth-order valence-electron chi connectivity index (χ4n) is 3.73. The van der Waals surface area contributed by atoms with Crippen LogP contribution in [-0.2, 0) is 11.2 Å². The van der Waals surface area contributed by atoms with E-state index in [-0.39, 0.29) is 17.9 Å². The van der Waals surface area contributed by atoms with Gasteiger partial charge in [0.2, 0.25) is 0 Å². The maximum atomic E-state index is 12.8. The molecule has 2 amide bonds. The average Bonchev–Trinajstić information content (AvgIpc) is 3.38. The fraction of sp³-hybridized carbons (Fsp3) is 0.259. The van der Waals surface area contributed by atoms with E-state index >= 15 is 0 Å². The zero-order valence-corrected chi connectivity index (χ0v) is 18.5. The molecule has 3 aromatic carbocycles. The van der Waals surface area contributed by atoms with Crippen molar-refractivity contribution in [2.75, 3.05) is 25.1 Å². The first-order chi connectivity index (χ1) is 16.2. The number of ether oxygens (including phenoxy) is 2. The molecule has 1 aliphatic heterocycles. The van der Waals surface area contributed by atoms with Crippen molar-refractivity contribution in [1.82, 2.24) is 5.32 Å². The lowest BCUT2D eigenvalue weighted by Crippen LogP contribution is -2.32. The summed E-state index contributed by atoms with van der Waals surface area (Å²) in [5.74, 6) is 0.185. The van der Waals surface area contributed by atoms with Crippen LogP contribution in [0.1, 0.15) is 39.1 Å². The lowest BCUT2D eigenvalue weighted by molar-refractivity contribution is 0.0858. The normalized spacial score (nSPS) is 15.1. The Morgan fingerprint density at radius 3 is 2.42 bits per heavy atom. The van der Waals surface area contributed by atoms with Gasteiger partial charge in [0.25, 0.3) is 11.8 Å². The van der Waals surface area contributed by atoms with Crippen LogP contribution in [0.2, 0.25) is 0 Å². The Bertz CT molecular complexity index is 1060. The molecule has 33 heavy (non-hydrogen) atoms. The van der Waals surface area contributed by atoms with E-state index in [2.05, 4.69) is 22.8 Å². The molecule has 1 fully saturated rings. The second-order valence-electron chi connectivity index (χ2n) is 7.95. The molecule has 1 heterocycles. The molecule has 3 aromatic rings. The number of amides is 2. The average molecular weight is 445 g/mol. The van der Waals surface area contributed by atoms with Crippen molar-refractivity contribution >= 4 is 17.5 Å². The van der Waals surface area contributed by atoms with E-state index in [1.165, 1.54) is 5.56 Å². The number of carbonyl (C=O) groups excluding carboxylic acids is 2. The summed E-state index contributed by atoms with van der Waals surface area (Å²) in [6, 6.07) is 24.1. The Kier molecular flexibility index (Phi) is 7.72. The summed E-state index contributed by atoms with van der Waals surface area (Å²) in [7, 11) is 0. The third kappa shape index (κ3) is 6.43. The van der Waals surface area contributed by atoms with Gasteiger partial charge in [-0.25, -0.2) is 0 Å². The van der Waals surface area contributed by atoms with Crippen LogP contribution in [0.3, 0.4) is 0 Å². The first-order valence-corrected chi connectivity index (χ1v) is 11.3. The van der Waals surface area contributed by atoms with E-state index in [4.69, 9.17) is 9.47 Å². The largest absolute Gasteiger partial charge is 0.493 e. The number of hydrogen-bond donors (Lipinski definition) is 2. The SMILES string of the molecule is O=C(Nc1ccccc1C(=O)NCC1CCCO1)c1ccc(OCCc2ccccc2)cc1. The van der Waals surface area contributed by atoms with Crippen molar-refractivity contribution in [2.45, 2.75) is 25.4 Å². The molecule has 0 radical (unpaired) electrons. The van der Waals surface area contributed by atoms with Crippen LogP contribution >= 0.6 is 0 Å². The summed E-state index contributed by atoms with van der Waals surface area (Å²) in [5.41, 5.74) is 2.59. The highest BCUT2D eigenvalue weighted by Crippen LogP contribution is 2.19. The Morgan fingerprint density at radius 1 is 0.909 bits per heavy atom. The molecule has 1 unspecified atom stereocenters. The molecule has 4 rings (SSSR count). The van der Waals surface area contributed by atoms with Gasteiger partial charge >= 0.3 is 0 Å². The van der Waals surface area contributed by atoms with Gasteiger partial charge in [-0.1, -0.05) is 42.5 Å². The van der Waals surface area contributed by atoms with Gasteiger partial charge in [-0.15, -0.1) is 0 Å². The van der Waals surface area contributed by atoms with E-state index in [1.807, 2.05) is 18.2 Å². The number of benzene rings is 3. The van der Waals surface area contributed by atoms with Crippen LogP contribution in [0, 0.1) is 0 Å². The molecule has 1 saturated heterocycles. The zero-order valence-electron chi connectivity index (χ0n) is 18.5. The van der Waals surface area contributed by atoms with Crippen LogP contribution in [0.4, 0.5) is 5.69 Å². The summed E-state index contributed by atoms with van der Waals surface area (Å²) < 4.78 is 11.3. The van der Waals surface area contributed by atoms with Crippen molar-refractivity contribution in [3.8, 4) is 5.75 Å². The first-order valence-electron chi connectivity index (χ1n) is 11.3.